The van der Waals surface area contributed by atoms with Gasteiger partial charge in [0.05, 0.1) is 15.9 Å². The number of rotatable bonds is 2. The number of nitrogens with two attached hydrogens (primary N) is 1. The quantitative estimate of drug-likeness (QED) is 0.727. The second-order valence-electron chi connectivity index (χ2n) is 4.33. The van der Waals surface area contributed by atoms with Crippen LogP contribution in [-0.4, -0.2) is 34.6 Å². The number of H-pyrrole nitrogens is 1. The molecule has 0 fully saturated rings. The van der Waals surface area contributed by atoms with Crippen molar-refractivity contribution in [2.45, 2.75) is 4.90 Å². The van der Waals surface area contributed by atoms with Gasteiger partial charge in [0.2, 0.25) is 0 Å². The number of benzene rings is 1. The number of nitrogen functional groups attached to an aromatic ring is 1. The van der Waals surface area contributed by atoms with Crippen LogP contribution in [0.1, 0.15) is 0 Å². The Bertz CT molecular complexity index is 901. The van der Waals surface area contributed by atoms with E-state index >= 15 is 0 Å². The van der Waals surface area contributed by atoms with Gasteiger partial charge in [-0.15, -0.1) is 0 Å². The highest BCUT2D eigenvalue weighted by Crippen LogP contribution is 2.23. The topological polar surface area (TPSA) is 115 Å². The zero-order chi connectivity index (χ0) is 14.3. The van der Waals surface area contributed by atoms with Crippen molar-refractivity contribution in [3.63, 3.8) is 0 Å². The monoisotopic (exact) mass is 289 g/mol. The lowest BCUT2D eigenvalue weighted by atomic mass is 10.3. The molecule has 0 bridgehead atoms. The molecule has 1 aromatic carbocycles. The second-order valence-corrected chi connectivity index (χ2v) is 6.34. The summed E-state index contributed by atoms with van der Waals surface area (Å²) in [4.78, 5) is 15.6. The van der Waals surface area contributed by atoms with Crippen LogP contribution in [0.4, 0.5) is 5.82 Å². The normalized spacial score (nSPS) is 11.8. The van der Waals surface area contributed by atoms with E-state index in [2.05, 4.69) is 19.9 Å². The van der Waals surface area contributed by atoms with Crippen molar-refractivity contribution in [1.82, 2.24) is 19.9 Å². The Morgan fingerprint density at radius 2 is 1.95 bits per heavy atom. The number of nitrogens with zero attached hydrogens (tertiary/aromatic N) is 3. The van der Waals surface area contributed by atoms with Crippen LogP contribution < -0.4 is 5.73 Å². The summed E-state index contributed by atoms with van der Waals surface area (Å²) in [5.41, 5.74) is 7.42. The van der Waals surface area contributed by atoms with Crippen molar-refractivity contribution in [3.8, 4) is 11.5 Å². The Hall–Kier alpha value is -2.48. The highest BCUT2D eigenvalue weighted by atomic mass is 32.2. The number of sulfone groups is 1. The van der Waals surface area contributed by atoms with Crippen LogP contribution in [0.2, 0.25) is 0 Å². The standard InChI is InChI=1S/C12H11N5O2S/c1-20(18,19)7-2-3-8-9(6-7)17-12(16-8)10-11(13)15-5-4-14-10/h2-6H,1H3,(H2,13,15)(H,16,17). The van der Waals surface area contributed by atoms with Gasteiger partial charge in [-0.3, -0.25) is 0 Å². The molecule has 3 N–H and O–H groups in total. The number of fused-ring (bicyclic) bond motifs is 1. The molecule has 0 amide bonds. The van der Waals surface area contributed by atoms with E-state index in [9.17, 15) is 8.42 Å². The Balaban J connectivity index is 2.19. The lowest BCUT2D eigenvalue weighted by molar-refractivity contribution is 0.602. The third kappa shape index (κ3) is 2.10. The van der Waals surface area contributed by atoms with Gasteiger partial charge in [0.15, 0.2) is 21.5 Å². The third-order valence-electron chi connectivity index (χ3n) is 2.83. The molecule has 2 heterocycles. The summed E-state index contributed by atoms with van der Waals surface area (Å²) in [6, 6.07) is 4.69. The maximum absolute atomic E-state index is 11.5. The predicted octanol–water partition coefficient (Wildman–Crippen LogP) is 1.01. The molecular formula is C12H11N5O2S. The van der Waals surface area contributed by atoms with Gasteiger partial charge in [0.1, 0.15) is 5.69 Å². The highest BCUT2D eigenvalue weighted by molar-refractivity contribution is 7.90. The minimum absolute atomic E-state index is 0.229. The molecule has 0 aliphatic rings. The molecular weight excluding hydrogens is 278 g/mol. The first-order valence-corrected chi connectivity index (χ1v) is 7.61. The second kappa shape index (κ2) is 4.27. The van der Waals surface area contributed by atoms with Gasteiger partial charge in [0.25, 0.3) is 0 Å². The Labute approximate surface area is 114 Å². The fourth-order valence-corrected chi connectivity index (χ4v) is 2.51. The van der Waals surface area contributed by atoms with E-state index in [0.29, 0.717) is 22.6 Å². The number of anilines is 1. The summed E-state index contributed by atoms with van der Waals surface area (Å²) in [7, 11) is -3.26. The molecule has 8 heteroatoms. The first-order chi connectivity index (χ1) is 9.45. The molecule has 7 nitrogen and oxygen atoms in total. The maximum atomic E-state index is 11.5. The summed E-state index contributed by atoms with van der Waals surface area (Å²) in [5.74, 6) is 0.714. The van der Waals surface area contributed by atoms with Crippen LogP contribution in [0.3, 0.4) is 0 Å². The lowest BCUT2D eigenvalue weighted by Gasteiger charge is -1.97. The Morgan fingerprint density at radius 3 is 2.65 bits per heavy atom. The Kier molecular flexibility index (Phi) is 2.68. The average Bonchev–Trinajstić information content (AvgIpc) is 2.80. The van der Waals surface area contributed by atoms with Gasteiger partial charge in [-0.25, -0.2) is 23.4 Å². The molecule has 0 aliphatic heterocycles. The van der Waals surface area contributed by atoms with E-state index in [1.165, 1.54) is 24.5 Å². The van der Waals surface area contributed by atoms with E-state index in [0.717, 1.165) is 6.26 Å². The van der Waals surface area contributed by atoms with Gasteiger partial charge in [-0.1, -0.05) is 0 Å². The number of aromatic amines is 1. The summed E-state index contributed by atoms with van der Waals surface area (Å²) in [5, 5.41) is 0. The van der Waals surface area contributed by atoms with Crippen LogP contribution in [-0.2, 0) is 9.84 Å². The third-order valence-corrected chi connectivity index (χ3v) is 3.94. The van der Waals surface area contributed by atoms with Gasteiger partial charge >= 0.3 is 0 Å². The number of aromatic nitrogens is 4. The van der Waals surface area contributed by atoms with E-state index in [-0.39, 0.29) is 10.7 Å². The predicted molar refractivity (Wildman–Crippen MR) is 74.6 cm³/mol. The molecule has 0 aliphatic carbocycles. The van der Waals surface area contributed by atoms with E-state index < -0.39 is 9.84 Å². The number of imidazole rings is 1. The zero-order valence-electron chi connectivity index (χ0n) is 10.5. The Morgan fingerprint density at radius 1 is 1.20 bits per heavy atom. The van der Waals surface area contributed by atoms with Crippen molar-refractivity contribution >= 4 is 26.7 Å². The SMILES string of the molecule is CS(=O)(=O)c1ccc2nc(-c3nccnc3N)[nH]c2c1. The number of hydrogen-bond donors (Lipinski definition) is 2. The first kappa shape index (κ1) is 12.5. The summed E-state index contributed by atoms with van der Waals surface area (Å²) in [6.45, 7) is 0. The number of nitrogens with one attached hydrogen (secondary N) is 1. The molecule has 102 valence electrons. The molecule has 0 saturated heterocycles. The van der Waals surface area contributed by atoms with Crippen molar-refractivity contribution in [2.75, 3.05) is 12.0 Å². The van der Waals surface area contributed by atoms with Crippen LogP contribution >= 0.6 is 0 Å². The van der Waals surface area contributed by atoms with E-state index in [1.54, 1.807) is 6.07 Å². The molecule has 3 rings (SSSR count). The van der Waals surface area contributed by atoms with Crippen LogP contribution in [0.5, 0.6) is 0 Å². The van der Waals surface area contributed by atoms with E-state index in [4.69, 9.17) is 5.73 Å². The molecule has 0 unspecified atom stereocenters. The van der Waals surface area contributed by atoms with Gasteiger partial charge < -0.3 is 10.7 Å². The molecule has 0 saturated carbocycles. The van der Waals surface area contributed by atoms with Gasteiger partial charge in [0, 0.05) is 18.6 Å². The molecule has 2 aromatic heterocycles. The zero-order valence-corrected chi connectivity index (χ0v) is 11.3. The maximum Gasteiger partial charge on any atom is 0.175 e. The van der Waals surface area contributed by atoms with Gasteiger partial charge in [-0.2, -0.15) is 0 Å². The van der Waals surface area contributed by atoms with Crippen molar-refractivity contribution in [2.24, 2.45) is 0 Å². The molecule has 0 radical (unpaired) electrons. The van der Waals surface area contributed by atoms with Crippen molar-refractivity contribution in [3.05, 3.63) is 30.6 Å². The minimum Gasteiger partial charge on any atom is -0.382 e. The fraction of sp³-hybridized carbons (Fsp3) is 0.0833. The van der Waals surface area contributed by atoms with Crippen LogP contribution in [0.15, 0.2) is 35.5 Å². The number of hydrogen-bond acceptors (Lipinski definition) is 6. The van der Waals surface area contributed by atoms with Crippen LogP contribution in [0, 0.1) is 0 Å². The van der Waals surface area contributed by atoms with Crippen molar-refractivity contribution in [1.29, 1.82) is 0 Å². The fourth-order valence-electron chi connectivity index (χ4n) is 1.86. The van der Waals surface area contributed by atoms with Gasteiger partial charge in [-0.05, 0) is 18.2 Å². The molecule has 20 heavy (non-hydrogen) atoms. The minimum atomic E-state index is -3.26. The van der Waals surface area contributed by atoms with Crippen LogP contribution in [0.25, 0.3) is 22.6 Å². The van der Waals surface area contributed by atoms with E-state index in [1.807, 2.05) is 0 Å². The summed E-state index contributed by atoms with van der Waals surface area (Å²) in [6.07, 6.45) is 4.16. The molecule has 3 aromatic rings. The average molecular weight is 289 g/mol. The highest BCUT2D eigenvalue weighted by Gasteiger charge is 2.13. The molecule has 0 spiro atoms. The first-order valence-electron chi connectivity index (χ1n) is 5.72. The lowest BCUT2D eigenvalue weighted by Crippen LogP contribution is -1.97. The molecule has 0 atom stereocenters. The summed E-state index contributed by atoms with van der Waals surface area (Å²) >= 11 is 0. The summed E-state index contributed by atoms with van der Waals surface area (Å²) < 4.78 is 23.1. The van der Waals surface area contributed by atoms with Crippen molar-refractivity contribution < 1.29 is 8.42 Å². The smallest absolute Gasteiger partial charge is 0.175 e. The largest absolute Gasteiger partial charge is 0.382 e.